The van der Waals surface area contributed by atoms with Crippen LogP contribution in [0.25, 0.3) is 0 Å². The van der Waals surface area contributed by atoms with Crippen LogP contribution >= 0.6 is 0 Å². The molecular weight excluding hydrogens is 250 g/mol. The smallest absolute Gasteiger partial charge is 0.251 e. The first-order valence-corrected chi connectivity index (χ1v) is 6.91. The van der Waals surface area contributed by atoms with Gasteiger partial charge in [0.1, 0.15) is 5.76 Å². The second kappa shape index (κ2) is 8.20. The van der Waals surface area contributed by atoms with Crippen LogP contribution in [0.3, 0.4) is 0 Å². The van der Waals surface area contributed by atoms with Crippen LogP contribution in [-0.4, -0.2) is 12.5 Å². The SMILES string of the molecule is C/C=C(/CNC(=O)c1ccc(C)cc1)O/C(C)=C/CC. The van der Waals surface area contributed by atoms with E-state index in [4.69, 9.17) is 4.74 Å². The number of hydrogen-bond acceptors (Lipinski definition) is 2. The van der Waals surface area contributed by atoms with Crippen LogP contribution in [0.5, 0.6) is 0 Å². The van der Waals surface area contributed by atoms with Crippen LogP contribution in [0.4, 0.5) is 0 Å². The highest BCUT2D eigenvalue weighted by Gasteiger charge is 2.06. The number of amides is 1. The van der Waals surface area contributed by atoms with Crippen molar-refractivity contribution in [3.05, 3.63) is 59.1 Å². The van der Waals surface area contributed by atoms with Gasteiger partial charge in [0.25, 0.3) is 5.91 Å². The lowest BCUT2D eigenvalue weighted by atomic mass is 10.1. The summed E-state index contributed by atoms with van der Waals surface area (Å²) in [6.45, 7) is 8.25. The molecule has 20 heavy (non-hydrogen) atoms. The van der Waals surface area contributed by atoms with Gasteiger partial charge in [-0.05, 0) is 51.5 Å². The Bertz CT molecular complexity index is 498. The Balaban J connectivity index is 2.54. The molecule has 0 aliphatic carbocycles. The largest absolute Gasteiger partial charge is 0.465 e. The van der Waals surface area contributed by atoms with E-state index in [1.165, 1.54) is 0 Å². The van der Waals surface area contributed by atoms with E-state index in [9.17, 15) is 4.79 Å². The number of carbonyl (C=O) groups excluding carboxylic acids is 1. The van der Waals surface area contributed by atoms with Crippen molar-refractivity contribution < 1.29 is 9.53 Å². The molecule has 1 rings (SSSR count). The molecule has 3 heteroatoms. The van der Waals surface area contributed by atoms with Crippen molar-refractivity contribution in [3.63, 3.8) is 0 Å². The number of nitrogens with one attached hydrogen (secondary N) is 1. The van der Waals surface area contributed by atoms with Gasteiger partial charge in [0, 0.05) is 5.56 Å². The van der Waals surface area contributed by atoms with Crippen LogP contribution in [-0.2, 0) is 4.74 Å². The van der Waals surface area contributed by atoms with E-state index in [2.05, 4.69) is 12.2 Å². The Morgan fingerprint density at radius 1 is 1.30 bits per heavy atom. The molecule has 0 bridgehead atoms. The molecule has 0 aliphatic heterocycles. The lowest BCUT2D eigenvalue weighted by molar-refractivity contribution is 0.0950. The third kappa shape index (κ3) is 5.31. The van der Waals surface area contributed by atoms with Gasteiger partial charge in [-0.1, -0.05) is 24.6 Å². The molecule has 3 nitrogen and oxygen atoms in total. The molecule has 0 aliphatic rings. The Kier molecular flexibility index (Phi) is 6.57. The van der Waals surface area contributed by atoms with Crippen LogP contribution in [0.1, 0.15) is 43.1 Å². The first kappa shape index (κ1) is 16.0. The lowest BCUT2D eigenvalue weighted by Crippen LogP contribution is -2.26. The van der Waals surface area contributed by atoms with Gasteiger partial charge in [-0.25, -0.2) is 0 Å². The van der Waals surface area contributed by atoms with Crippen LogP contribution in [0, 0.1) is 6.92 Å². The van der Waals surface area contributed by atoms with Gasteiger partial charge in [0.05, 0.1) is 12.3 Å². The zero-order valence-electron chi connectivity index (χ0n) is 12.7. The maximum absolute atomic E-state index is 12.0. The Labute approximate surface area is 121 Å². The molecule has 0 aromatic heterocycles. The molecule has 0 radical (unpaired) electrons. The predicted octanol–water partition coefficient (Wildman–Crippen LogP) is 3.96. The number of rotatable bonds is 6. The third-order valence-corrected chi connectivity index (χ3v) is 2.84. The molecule has 1 aromatic rings. The monoisotopic (exact) mass is 273 g/mol. The summed E-state index contributed by atoms with van der Waals surface area (Å²) in [7, 11) is 0. The van der Waals surface area contributed by atoms with E-state index < -0.39 is 0 Å². The fourth-order valence-electron chi connectivity index (χ4n) is 1.71. The second-order valence-corrected chi connectivity index (χ2v) is 4.63. The first-order valence-electron chi connectivity index (χ1n) is 6.91. The molecular formula is C17H23NO2. The molecule has 0 spiro atoms. The Morgan fingerprint density at radius 3 is 2.50 bits per heavy atom. The third-order valence-electron chi connectivity index (χ3n) is 2.84. The first-order chi connectivity index (χ1) is 9.56. The van der Waals surface area contributed by atoms with Gasteiger partial charge < -0.3 is 10.1 Å². The second-order valence-electron chi connectivity index (χ2n) is 4.63. The molecule has 0 saturated carbocycles. The highest BCUT2D eigenvalue weighted by molar-refractivity contribution is 5.94. The molecule has 1 amide bonds. The van der Waals surface area contributed by atoms with E-state index in [-0.39, 0.29) is 5.91 Å². The van der Waals surface area contributed by atoms with Crippen LogP contribution < -0.4 is 5.32 Å². The molecule has 108 valence electrons. The number of ether oxygens (including phenoxy) is 1. The lowest BCUT2D eigenvalue weighted by Gasteiger charge is -2.11. The van der Waals surface area contributed by atoms with Crippen molar-refractivity contribution in [1.82, 2.24) is 5.32 Å². The topological polar surface area (TPSA) is 38.3 Å². The van der Waals surface area contributed by atoms with E-state index in [0.717, 1.165) is 23.5 Å². The number of benzene rings is 1. The van der Waals surface area contributed by atoms with Crippen LogP contribution in [0.15, 0.2) is 47.9 Å². The van der Waals surface area contributed by atoms with Gasteiger partial charge in [-0.3, -0.25) is 4.79 Å². The van der Waals surface area contributed by atoms with Crippen molar-refractivity contribution >= 4 is 5.91 Å². The minimum atomic E-state index is -0.0925. The molecule has 1 N–H and O–H groups in total. The number of carbonyl (C=O) groups is 1. The fraction of sp³-hybridized carbons (Fsp3) is 0.353. The Hall–Kier alpha value is -2.03. The van der Waals surface area contributed by atoms with Gasteiger partial charge in [0.15, 0.2) is 0 Å². The van der Waals surface area contributed by atoms with Gasteiger partial charge in [0.2, 0.25) is 0 Å². The molecule has 0 fully saturated rings. The summed E-state index contributed by atoms with van der Waals surface area (Å²) in [5, 5.41) is 2.86. The van der Waals surface area contributed by atoms with Gasteiger partial charge >= 0.3 is 0 Å². The summed E-state index contributed by atoms with van der Waals surface area (Å²) < 4.78 is 5.65. The van der Waals surface area contributed by atoms with Crippen molar-refractivity contribution in [1.29, 1.82) is 0 Å². The highest BCUT2D eigenvalue weighted by Crippen LogP contribution is 2.07. The Morgan fingerprint density at radius 2 is 1.95 bits per heavy atom. The van der Waals surface area contributed by atoms with E-state index in [0.29, 0.717) is 12.1 Å². The van der Waals surface area contributed by atoms with Crippen molar-refractivity contribution in [2.24, 2.45) is 0 Å². The zero-order chi connectivity index (χ0) is 15.0. The van der Waals surface area contributed by atoms with Crippen LogP contribution in [0.2, 0.25) is 0 Å². The number of allylic oxidation sites excluding steroid dienone is 3. The van der Waals surface area contributed by atoms with E-state index in [1.54, 1.807) is 0 Å². The fourth-order valence-corrected chi connectivity index (χ4v) is 1.71. The molecule has 0 atom stereocenters. The maximum atomic E-state index is 12.0. The molecule has 1 aromatic carbocycles. The predicted molar refractivity (Wildman–Crippen MR) is 82.4 cm³/mol. The van der Waals surface area contributed by atoms with E-state index in [1.807, 2.05) is 57.2 Å². The summed E-state index contributed by atoms with van der Waals surface area (Å²) in [5.74, 6) is 1.50. The minimum Gasteiger partial charge on any atom is -0.465 e. The summed E-state index contributed by atoms with van der Waals surface area (Å²) in [6, 6.07) is 7.50. The summed E-state index contributed by atoms with van der Waals surface area (Å²) in [6.07, 6.45) is 4.80. The van der Waals surface area contributed by atoms with Crippen molar-refractivity contribution in [3.8, 4) is 0 Å². The number of hydrogen-bond donors (Lipinski definition) is 1. The molecule has 0 heterocycles. The van der Waals surface area contributed by atoms with Crippen molar-refractivity contribution in [2.75, 3.05) is 6.54 Å². The van der Waals surface area contributed by atoms with Gasteiger partial charge in [-0.15, -0.1) is 0 Å². The zero-order valence-corrected chi connectivity index (χ0v) is 12.7. The standard InChI is InChI=1S/C17H23NO2/c1-5-7-14(4)20-16(6-2)12-18-17(19)15-10-8-13(3)9-11-15/h6-11H,5,12H2,1-4H3,(H,18,19)/b14-7+,16-6-. The molecule has 0 unspecified atom stereocenters. The highest BCUT2D eigenvalue weighted by atomic mass is 16.5. The normalized spacial score (nSPS) is 12.2. The van der Waals surface area contributed by atoms with Gasteiger partial charge in [-0.2, -0.15) is 0 Å². The summed E-state index contributed by atoms with van der Waals surface area (Å²) in [5.41, 5.74) is 1.80. The minimum absolute atomic E-state index is 0.0925. The quantitative estimate of drug-likeness (QED) is 0.797. The summed E-state index contributed by atoms with van der Waals surface area (Å²) in [4.78, 5) is 12.0. The number of aryl methyl sites for hydroxylation is 1. The average Bonchev–Trinajstić information content (AvgIpc) is 2.44. The van der Waals surface area contributed by atoms with E-state index >= 15 is 0 Å². The summed E-state index contributed by atoms with van der Waals surface area (Å²) >= 11 is 0. The average molecular weight is 273 g/mol. The molecule has 0 saturated heterocycles. The van der Waals surface area contributed by atoms with Crippen molar-refractivity contribution in [2.45, 2.75) is 34.1 Å². The maximum Gasteiger partial charge on any atom is 0.251 e.